The number of aliphatic carboxylic acids is 1. The maximum atomic E-state index is 11.0. The molecule has 0 atom stereocenters. The summed E-state index contributed by atoms with van der Waals surface area (Å²) in [5.74, 6) is -1.07. The van der Waals surface area contributed by atoms with E-state index in [1.807, 2.05) is 0 Å². The van der Waals surface area contributed by atoms with E-state index in [2.05, 4.69) is 0 Å². The molecule has 1 N–H and O–H groups in total. The summed E-state index contributed by atoms with van der Waals surface area (Å²) in [6.07, 6.45) is -0.167. The average molecular weight is 213 g/mol. The topological polar surface area (TPSA) is 54.4 Å². The van der Waals surface area contributed by atoms with Gasteiger partial charge in [-0.1, -0.05) is 11.6 Å². The zero-order valence-electron chi connectivity index (χ0n) is 7.58. The van der Waals surface area contributed by atoms with Crippen LogP contribution in [0.15, 0.2) is 18.2 Å². The van der Waals surface area contributed by atoms with Gasteiger partial charge in [-0.3, -0.25) is 9.59 Å². The highest BCUT2D eigenvalue weighted by Crippen LogP contribution is 2.18. The molecule has 74 valence electrons. The predicted molar refractivity (Wildman–Crippen MR) is 52.8 cm³/mol. The SMILES string of the molecule is CC(=O)c1ccc(Cl)c(CC(=O)O)c1. The van der Waals surface area contributed by atoms with Crippen molar-refractivity contribution in [3.05, 3.63) is 34.3 Å². The van der Waals surface area contributed by atoms with Crippen LogP contribution in [-0.2, 0) is 11.2 Å². The third-order valence-corrected chi connectivity index (χ3v) is 2.16. The number of hydrogen-bond donors (Lipinski definition) is 1. The summed E-state index contributed by atoms with van der Waals surface area (Å²) in [5.41, 5.74) is 0.942. The second-order valence-corrected chi connectivity index (χ2v) is 3.34. The Kier molecular flexibility index (Phi) is 3.25. The van der Waals surface area contributed by atoms with Crippen LogP contribution in [-0.4, -0.2) is 16.9 Å². The molecule has 0 saturated carbocycles. The number of ketones is 1. The number of carboxylic acids is 1. The molecule has 0 unspecified atom stereocenters. The first-order valence-electron chi connectivity index (χ1n) is 4.02. The maximum Gasteiger partial charge on any atom is 0.307 e. The quantitative estimate of drug-likeness (QED) is 0.782. The van der Waals surface area contributed by atoms with Crippen LogP contribution in [0.4, 0.5) is 0 Å². The van der Waals surface area contributed by atoms with Gasteiger partial charge in [-0.2, -0.15) is 0 Å². The van der Waals surface area contributed by atoms with E-state index >= 15 is 0 Å². The fraction of sp³-hybridized carbons (Fsp3) is 0.200. The van der Waals surface area contributed by atoms with Crippen molar-refractivity contribution in [2.45, 2.75) is 13.3 Å². The molecular formula is C10H9ClO3. The Bertz CT molecular complexity index is 385. The van der Waals surface area contributed by atoms with Crippen molar-refractivity contribution in [2.24, 2.45) is 0 Å². The lowest BCUT2D eigenvalue weighted by Crippen LogP contribution is -2.02. The molecule has 0 heterocycles. The number of Topliss-reactive ketones (excluding diaryl/α,β-unsaturated/α-hetero) is 1. The van der Waals surface area contributed by atoms with E-state index in [1.54, 1.807) is 6.07 Å². The molecule has 0 aliphatic carbocycles. The predicted octanol–water partition coefficient (Wildman–Crippen LogP) is 2.17. The van der Waals surface area contributed by atoms with Crippen molar-refractivity contribution in [2.75, 3.05) is 0 Å². The van der Waals surface area contributed by atoms with Crippen LogP contribution in [0, 0.1) is 0 Å². The molecular weight excluding hydrogens is 204 g/mol. The molecule has 1 rings (SSSR count). The van der Waals surface area contributed by atoms with E-state index < -0.39 is 5.97 Å². The van der Waals surface area contributed by atoms with Gasteiger partial charge in [0.15, 0.2) is 5.78 Å². The summed E-state index contributed by atoms with van der Waals surface area (Å²) < 4.78 is 0. The van der Waals surface area contributed by atoms with Crippen molar-refractivity contribution in [1.82, 2.24) is 0 Å². The molecule has 14 heavy (non-hydrogen) atoms. The molecule has 3 nitrogen and oxygen atoms in total. The molecule has 1 aromatic rings. The van der Waals surface area contributed by atoms with Gasteiger partial charge >= 0.3 is 5.97 Å². The van der Waals surface area contributed by atoms with Gasteiger partial charge in [-0.15, -0.1) is 0 Å². The van der Waals surface area contributed by atoms with E-state index in [0.29, 0.717) is 16.1 Å². The van der Waals surface area contributed by atoms with Crippen LogP contribution in [0.3, 0.4) is 0 Å². The molecule has 4 heteroatoms. The van der Waals surface area contributed by atoms with Gasteiger partial charge in [0, 0.05) is 10.6 Å². The van der Waals surface area contributed by atoms with Crippen molar-refractivity contribution in [3.8, 4) is 0 Å². The zero-order chi connectivity index (χ0) is 10.7. The minimum Gasteiger partial charge on any atom is -0.481 e. The lowest BCUT2D eigenvalue weighted by atomic mass is 10.1. The van der Waals surface area contributed by atoms with Gasteiger partial charge in [0.25, 0.3) is 0 Å². The van der Waals surface area contributed by atoms with Gasteiger partial charge in [0.05, 0.1) is 6.42 Å². The Morgan fingerprint density at radius 2 is 2.07 bits per heavy atom. The Morgan fingerprint density at radius 1 is 1.43 bits per heavy atom. The molecule has 0 saturated heterocycles. The largest absolute Gasteiger partial charge is 0.481 e. The van der Waals surface area contributed by atoms with Crippen molar-refractivity contribution in [1.29, 1.82) is 0 Å². The Morgan fingerprint density at radius 3 is 2.57 bits per heavy atom. The fourth-order valence-electron chi connectivity index (χ4n) is 1.09. The second kappa shape index (κ2) is 4.24. The molecule has 0 aromatic heterocycles. The summed E-state index contributed by atoms with van der Waals surface area (Å²) in [6, 6.07) is 4.63. The number of carbonyl (C=O) groups excluding carboxylic acids is 1. The van der Waals surface area contributed by atoms with E-state index in [4.69, 9.17) is 16.7 Å². The van der Waals surface area contributed by atoms with Gasteiger partial charge < -0.3 is 5.11 Å². The van der Waals surface area contributed by atoms with Crippen LogP contribution in [0.5, 0.6) is 0 Å². The smallest absolute Gasteiger partial charge is 0.307 e. The summed E-state index contributed by atoms with van der Waals surface area (Å²) in [5, 5.41) is 8.95. The minimum absolute atomic E-state index is 0.103. The highest BCUT2D eigenvalue weighted by atomic mass is 35.5. The summed E-state index contributed by atoms with van der Waals surface area (Å²) in [4.78, 5) is 21.5. The summed E-state index contributed by atoms with van der Waals surface area (Å²) in [6.45, 7) is 1.42. The van der Waals surface area contributed by atoms with Gasteiger partial charge in [0.1, 0.15) is 0 Å². The molecule has 0 fully saturated rings. The highest BCUT2D eigenvalue weighted by molar-refractivity contribution is 6.31. The highest BCUT2D eigenvalue weighted by Gasteiger charge is 2.08. The number of benzene rings is 1. The van der Waals surface area contributed by atoms with Crippen LogP contribution in [0.25, 0.3) is 0 Å². The molecule has 0 radical (unpaired) electrons. The first kappa shape index (κ1) is 10.7. The monoisotopic (exact) mass is 212 g/mol. The van der Waals surface area contributed by atoms with Gasteiger partial charge in [-0.25, -0.2) is 0 Å². The van der Waals surface area contributed by atoms with Gasteiger partial charge in [0.2, 0.25) is 0 Å². The third-order valence-electron chi connectivity index (χ3n) is 1.79. The molecule has 0 bridgehead atoms. The lowest BCUT2D eigenvalue weighted by molar-refractivity contribution is -0.136. The summed E-state index contributed by atoms with van der Waals surface area (Å²) in [7, 11) is 0. The number of rotatable bonds is 3. The average Bonchev–Trinajstić information content (AvgIpc) is 2.07. The molecule has 0 aliphatic rings. The van der Waals surface area contributed by atoms with Gasteiger partial charge in [-0.05, 0) is 30.7 Å². The van der Waals surface area contributed by atoms with Crippen molar-refractivity contribution >= 4 is 23.4 Å². The van der Waals surface area contributed by atoms with Crippen LogP contribution in [0.2, 0.25) is 5.02 Å². The van der Waals surface area contributed by atoms with Crippen molar-refractivity contribution < 1.29 is 14.7 Å². The number of carbonyl (C=O) groups is 2. The number of hydrogen-bond acceptors (Lipinski definition) is 2. The minimum atomic E-state index is -0.965. The molecule has 0 amide bonds. The normalized spacial score (nSPS) is 9.86. The zero-order valence-corrected chi connectivity index (χ0v) is 8.34. The first-order chi connectivity index (χ1) is 6.50. The van der Waals surface area contributed by atoms with Crippen LogP contribution in [0.1, 0.15) is 22.8 Å². The Balaban J connectivity index is 3.08. The lowest BCUT2D eigenvalue weighted by Gasteiger charge is -2.02. The second-order valence-electron chi connectivity index (χ2n) is 2.93. The van der Waals surface area contributed by atoms with Crippen molar-refractivity contribution in [3.63, 3.8) is 0 Å². The molecule has 0 spiro atoms. The standard InChI is InChI=1S/C10H9ClO3/c1-6(12)7-2-3-9(11)8(4-7)5-10(13)14/h2-4H,5H2,1H3,(H,13,14). The first-order valence-corrected chi connectivity index (χ1v) is 4.39. The number of carboxylic acid groups (broad SMARTS) is 1. The van der Waals surface area contributed by atoms with E-state index in [1.165, 1.54) is 19.1 Å². The van der Waals surface area contributed by atoms with E-state index in [9.17, 15) is 9.59 Å². The van der Waals surface area contributed by atoms with Crippen LogP contribution < -0.4 is 0 Å². The Hall–Kier alpha value is -1.35. The number of halogens is 1. The summed E-state index contributed by atoms with van der Waals surface area (Å²) >= 11 is 5.77. The van der Waals surface area contributed by atoms with E-state index in [-0.39, 0.29) is 12.2 Å². The maximum absolute atomic E-state index is 11.0. The van der Waals surface area contributed by atoms with E-state index in [0.717, 1.165) is 0 Å². The Labute approximate surface area is 86.3 Å². The van der Waals surface area contributed by atoms with Crippen LogP contribution >= 0.6 is 11.6 Å². The molecule has 1 aromatic carbocycles. The fourth-order valence-corrected chi connectivity index (χ4v) is 1.28. The molecule has 0 aliphatic heterocycles. The third kappa shape index (κ3) is 2.57.